The smallest absolute Gasteiger partial charge is 0.319 e. The Hall–Kier alpha value is -3.09. The molecule has 1 aliphatic heterocycles. The molecule has 2 aromatic rings. The molecule has 0 saturated heterocycles. The Balaban J connectivity index is 1.82. The first kappa shape index (κ1) is 14.8. The molecule has 0 unspecified atom stereocenters. The van der Waals surface area contributed by atoms with Crippen LogP contribution in [0.5, 0.6) is 11.5 Å². The molecule has 0 bridgehead atoms. The van der Waals surface area contributed by atoms with Crippen LogP contribution in [-0.4, -0.2) is 30.5 Å². The summed E-state index contributed by atoms with van der Waals surface area (Å²) in [4.78, 5) is 28.5. The van der Waals surface area contributed by atoms with Gasteiger partial charge in [-0.2, -0.15) is 0 Å². The van der Waals surface area contributed by atoms with Crippen molar-refractivity contribution in [3.05, 3.63) is 47.8 Å². The molecule has 118 valence electrons. The lowest BCUT2D eigenvalue weighted by atomic mass is 10.1. The number of nitrogens with zero attached hydrogens (tertiary/aromatic N) is 2. The Bertz CT molecular complexity index is 776. The van der Waals surface area contributed by atoms with Gasteiger partial charge in [0.25, 0.3) is 5.91 Å². The summed E-state index contributed by atoms with van der Waals surface area (Å²) in [6.45, 7) is 0.574. The number of nitrogens with one attached hydrogen (secondary N) is 1. The van der Waals surface area contributed by atoms with E-state index in [4.69, 9.17) is 10.5 Å². The summed E-state index contributed by atoms with van der Waals surface area (Å²) in [5, 5.41) is 2.52. The lowest BCUT2D eigenvalue weighted by Gasteiger charge is -2.14. The zero-order valence-corrected chi connectivity index (χ0v) is 12.6. The van der Waals surface area contributed by atoms with Gasteiger partial charge in [-0.1, -0.05) is 0 Å². The first-order valence-corrected chi connectivity index (χ1v) is 7.14. The minimum atomic E-state index is -0.457. The van der Waals surface area contributed by atoms with Crippen LogP contribution in [0.3, 0.4) is 0 Å². The first-order valence-electron chi connectivity index (χ1n) is 7.14. The highest BCUT2D eigenvalue weighted by atomic mass is 16.5. The van der Waals surface area contributed by atoms with Gasteiger partial charge in [0.2, 0.25) is 0 Å². The number of primary amides is 1. The highest BCUT2D eigenvalue weighted by molar-refractivity contribution is 5.93. The van der Waals surface area contributed by atoms with Crippen LogP contribution in [-0.2, 0) is 6.42 Å². The SMILES string of the molecule is CNC(=O)c1cc(Oc2ccc3c(c2)CCN3C(N)=O)ccn1. The molecule has 0 atom stereocenters. The fourth-order valence-corrected chi connectivity index (χ4v) is 2.53. The summed E-state index contributed by atoms with van der Waals surface area (Å²) in [7, 11) is 1.54. The summed E-state index contributed by atoms with van der Waals surface area (Å²) in [6, 6.07) is 8.24. The van der Waals surface area contributed by atoms with E-state index in [1.54, 1.807) is 25.2 Å². The van der Waals surface area contributed by atoms with E-state index in [1.807, 2.05) is 12.1 Å². The monoisotopic (exact) mass is 312 g/mol. The average Bonchev–Trinajstić information content (AvgIpc) is 2.97. The molecule has 1 aromatic heterocycles. The number of carbonyl (C=O) groups is 2. The Kier molecular flexibility index (Phi) is 3.84. The van der Waals surface area contributed by atoms with Crippen LogP contribution in [0.2, 0.25) is 0 Å². The molecule has 3 amide bonds. The lowest BCUT2D eigenvalue weighted by molar-refractivity contribution is 0.0958. The van der Waals surface area contributed by atoms with Gasteiger partial charge in [0.15, 0.2) is 0 Å². The molecule has 2 heterocycles. The minimum Gasteiger partial charge on any atom is -0.457 e. The van der Waals surface area contributed by atoms with Crippen LogP contribution in [0.25, 0.3) is 0 Å². The number of hydrogen-bond acceptors (Lipinski definition) is 4. The van der Waals surface area contributed by atoms with Gasteiger partial charge in [-0.05, 0) is 36.2 Å². The van der Waals surface area contributed by atoms with Crippen LogP contribution >= 0.6 is 0 Å². The number of hydrogen-bond donors (Lipinski definition) is 2. The number of amides is 3. The molecule has 7 heteroatoms. The van der Waals surface area contributed by atoms with E-state index in [-0.39, 0.29) is 11.6 Å². The van der Waals surface area contributed by atoms with Gasteiger partial charge in [-0.3, -0.25) is 14.7 Å². The van der Waals surface area contributed by atoms with Crippen molar-refractivity contribution < 1.29 is 14.3 Å². The normalized spacial score (nSPS) is 12.7. The third-order valence-electron chi connectivity index (χ3n) is 3.64. The van der Waals surface area contributed by atoms with E-state index in [9.17, 15) is 9.59 Å². The first-order chi connectivity index (χ1) is 11.1. The Morgan fingerprint density at radius 2 is 2.04 bits per heavy atom. The third kappa shape index (κ3) is 2.94. The van der Waals surface area contributed by atoms with Gasteiger partial charge in [-0.15, -0.1) is 0 Å². The second-order valence-corrected chi connectivity index (χ2v) is 5.09. The standard InChI is InChI=1S/C16H16N4O3/c1-18-15(21)13-9-12(4-6-19-13)23-11-2-3-14-10(8-11)5-7-20(14)16(17)22/h2-4,6,8-9H,5,7H2,1H3,(H2,17,22)(H,18,21). The number of fused-ring (bicyclic) bond motifs is 1. The molecule has 1 aliphatic rings. The lowest BCUT2D eigenvalue weighted by Crippen LogP contribution is -2.33. The van der Waals surface area contributed by atoms with Crippen LogP contribution in [0.1, 0.15) is 16.1 Å². The summed E-state index contributed by atoms with van der Waals surface area (Å²) in [5.74, 6) is 0.869. The van der Waals surface area contributed by atoms with Crippen molar-refractivity contribution in [3.63, 3.8) is 0 Å². The van der Waals surface area contributed by atoms with E-state index >= 15 is 0 Å². The summed E-state index contributed by atoms with van der Waals surface area (Å²) >= 11 is 0. The zero-order chi connectivity index (χ0) is 16.4. The number of benzene rings is 1. The van der Waals surface area contributed by atoms with Crippen LogP contribution in [0.15, 0.2) is 36.5 Å². The molecule has 0 radical (unpaired) electrons. The number of anilines is 1. The van der Waals surface area contributed by atoms with Crippen molar-refractivity contribution >= 4 is 17.6 Å². The molecule has 0 aliphatic carbocycles. The Morgan fingerprint density at radius 1 is 1.26 bits per heavy atom. The number of rotatable bonds is 3. The molecular formula is C16H16N4O3. The second-order valence-electron chi connectivity index (χ2n) is 5.09. The fraction of sp³-hybridized carbons (Fsp3) is 0.188. The molecule has 3 rings (SSSR count). The van der Waals surface area contributed by atoms with Crippen LogP contribution < -0.4 is 20.7 Å². The molecule has 3 N–H and O–H groups in total. The number of ether oxygens (including phenoxy) is 1. The highest BCUT2D eigenvalue weighted by Crippen LogP contribution is 2.32. The predicted octanol–water partition coefficient (Wildman–Crippen LogP) is 1.67. The van der Waals surface area contributed by atoms with Gasteiger partial charge >= 0.3 is 6.03 Å². The van der Waals surface area contributed by atoms with Crippen LogP contribution in [0, 0.1) is 0 Å². The summed E-state index contributed by atoms with van der Waals surface area (Å²) < 4.78 is 5.78. The van der Waals surface area contributed by atoms with E-state index in [0.717, 1.165) is 17.7 Å². The van der Waals surface area contributed by atoms with Gasteiger partial charge in [-0.25, -0.2) is 4.79 Å². The summed E-state index contributed by atoms with van der Waals surface area (Å²) in [6.07, 6.45) is 2.25. The number of aromatic nitrogens is 1. The Morgan fingerprint density at radius 3 is 2.78 bits per heavy atom. The fourth-order valence-electron chi connectivity index (χ4n) is 2.53. The molecular weight excluding hydrogens is 296 g/mol. The maximum atomic E-state index is 11.6. The van der Waals surface area contributed by atoms with Crippen LogP contribution in [0.4, 0.5) is 10.5 Å². The second kappa shape index (κ2) is 5.96. The predicted molar refractivity (Wildman–Crippen MR) is 84.8 cm³/mol. The summed E-state index contributed by atoms with van der Waals surface area (Å²) in [5.41, 5.74) is 7.44. The largest absolute Gasteiger partial charge is 0.457 e. The van der Waals surface area contributed by atoms with E-state index in [1.165, 1.54) is 11.1 Å². The minimum absolute atomic E-state index is 0.276. The van der Waals surface area contributed by atoms with Crippen molar-refractivity contribution in [2.45, 2.75) is 6.42 Å². The maximum Gasteiger partial charge on any atom is 0.319 e. The van der Waals surface area contributed by atoms with E-state index in [0.29, 0.717) is 18.0 Å². The number of pyridine rings is 1. The Labute approximate surface area is 133 Å². The maximum absolute atomic E-state index is 11.6. The topological polar surface area (TPSA) is 97.5 Å². The quantitative estimate of drug-likeness (QED) is 0.901. The van der Waals surface area contributed by atoms with E-state index < -0.39 is 6.03 Å². The van der Waals surface area contributed by atoms with Gasteiger partial charge in [0.05, 0.1) is 0 Å². The van der Waals surface area contributed by atoms with Gasteiger partial charge < -0.3 is 15.8 Å². The number of carbonyl (C=O) groups excluding carboxylic acids is 2. The molecule has 0 saturated carbocycles. The molecule has 23 heavy (non-hydrogen) atoms. The van der Waals surface area contributed by atoms with Gasteiger partial charge in [0, 0.05) is 31.5 Å². The molecule has 1 aromatic carbocycles. The molecule has 7 nitrogen and oxygen atoms in total. The van der Waals surface area contributed by atoms with Crippen molar-refractivity contribution in [1.82, 2.24) is 10.3 Å². The molecule has 0 fully saturated rings. The molecule has 0 spiro atoms. The van der Waals surface area contributed by atoms with Crippen molar-refractivity contribution in [2.24, 2.45) is 5.73 Å². The third-order valence-corrected chi connectivity index (χ3v) is 3.64. The van der Waals surface area contributed by atoms with Gasteiger partial charge in [0.1, 0.15) is 17.2 Å². The van der Waals surface area contributed by atoms with Crippen molar-refractivity contribution in [2.75, 3.05) is 18.5 Å². The van der Waals surface area contributed by atoms with Crippen molar-refractivity contribution in [3.8, 4) is 11.5 Å². The zero-order valence-electron chi connectivity index (χ0n) is 12.6. The van der Waals surface area contributed by atoms with E-state index in [2.05, 4.69) is 10.3 Å². The number of nitrogens with two attached hydrogens (primary N) is 1. The highest BCUT2D eigenvalue weighted by Gasteiger charge is 2.23. The number of urea groups is 1. The van der Waals surface area contributed by atoms with Crippen molar-refractivity contribution in [1.29, 1.82) is 0 Å². The average molecular weight is 312 g/mol.